The van der Waals surface area contributed by atoms with Crippen LogP contribution in [0.5, 0.6) is 0 Å². The largest absolute Gasteiger partial charge is 0.398 e. The van der Waals surface area contributed by atoms with E-state index in [-0.39, 0.29) is 5.56 Å². The van der Waals surface area contributed by atoms with Crippen LogP contribution in [0.15, 0.2) is 17.5 Å². The number of nitrogens with two attached hydrogens (primary N) is 1. The van der Waals surface area contributed by atoms with Gasteiger partial charge in [-0.05, 0) is 18.6 Å². The number of nitrogen functional groups attached to an aromatic ring is 1. The van der Waals surface area contributed by atoms with Crippen LogP contribution >= 0.6 is 11.3 Å². The van der Waals surface area contributed by atoms with Crippen LogP contribution < -0.4 is 5.73 Å². The quantitative estimate of drug-likeness (QED) is 0.717. The summed E-state index contributed by atoms with van der Waals surface area (Å²) in [5, 5.41) is 2.10. The van der Waals surface area contributed by atoms with Crippen LogP contribution in [0, 0.1) is 6.92 Å². The number of hydrogen-bond acceptors (Lipinski definition) is 2. The topological polar surface area (TPSA) is 26.0 Å². The van der Waals surface area contributed by atoms with Crippen molar-refractivity contribution in [2.45, 2.75) is 13.3 Å². The lowest BCUT2D eigenvalue weighted by atomic mass is 10.1. The molecule has 0 saturated carbocycles. The second-order valence-electron chi connectivity index (χ2n) is 3.17. The predicted molar refractivity (Wildman–Crippen MR) is 55.9 cm³/mol. The Morgan fingerprint density at radius 3 is 2.71 bits per heavy atom. The fourth-order valence-corrected chi connectivity index (χ4v) is 2.59. The molecule has 0 unspecified atom stereocenters. The van der Waals surface area contributed by atoms with Gasteiger partial charge in [-0.2, -0.15) is 0 Å². The van der Waals surface area contributed by atoms with Crippen molar-refractivity contribution in [3.05, 3.63) is 28.6 Å². The first-order chi connectivity index (χ1) is 6.61. The fraction of sp³-hybridized carbons (Fsp3) is 0.200. The fourth-order valence-electron chi connectivity index (χ4n) is 1.52. The molecule has 74 valence electrons. The molecule has 2 rings (SSSR count). The number of thiophene rings is 1. The van der Waals surface area contributed by atoms with Crippen LogP contribution in [-0.2, 0) is 0 Å². The minimum Gasteiger partial charge on any atom is -0.398 e. The van der Waals surface area contributed by atoms with Crippen molar-refractivity contribution in [2.24, 2.45) is 0 Å². The van der Waals surface area contributed by atoms with Crippen LogP contribution in [0.1, 0.15) is 17.6 Å². The van der Waals surface area contributed by atoms with Gasteiger partial charge in [0.25, 0.3) is 6.43 Å². The van der Waals surface area contributed by atoms with E-state index < -0.39 is 6.43 Å². The summed E-state index contributed by atoms with van der Waals surface area (Å²) in [7, 11) is 0. The first kappa shape index (κ1) is 9.40. The molecule has 0 atom stereocenters. The van der Waals surface area contributed by atoms with Gasteiger partial charge in [0.1, 0.15) is 0 Å². The highest BCUT2D eigenvalue weighted by Crippen LogP contribution is 2.37. The number of anilines is 1. The molecule has 0 spiro atoms. The molecule has 2 N–H and O–H groups in total. The standard InChI is InChI=1S/C10H9F2NS/c1-5-2-3-7(13)9-8(5)6(4-14-9)10(11)12/h2-4,10H,13H2,1H3. The van der Waals surface area contributed by atoms with E-state index >= 15 is 0 Å². The molecule has 0 bridgehead atoms. The third kappa shape index (κ3) is 1.26. The number of alkyl halides is 2. The van der Waals surface area contributed by atoms with Crippen LogP contribution in [0.4, 0.5) is 14.5 Å². The minimum absolute atomic E-state index is 0.0924. The zero-order valence-corrected chi connectivity index (χ0v) is 8.37. The Labute approximate surface area is 84.2 Å². The van der Waals surface area contributed by atoms with E-state index in [4.69, 9.17) is 5.73 Å². The molecule has 0 aliphatic carbocycles. The third-order valence-corrected chi connectivity index (χ3v) is 3.27. The van der Waals surface area contributed by atoms with Crippen LogP contribution in [0.2, 0.25) is 0 Å². The Balaban J connectivity index is 2.84. The number of halogens is 2. The van der Waals surface area contributed by atoms with Gasteiger partial charge in [-0.1, -0.05) is 6.07 Å². The molecule has 0 aliphatic rings. The van der Waals surface area contributed by atoms with Crippen molar-refractivity contribution < 1.29 is 8.78 Å². The van der Waals surface area contributed by atoms with Crippen molar-refractivity contribution in [1.29, 1.82) is 0 Å². The van der Waals surface area contributed by atoms with E-state index in [1.807, 2.05) is 6.92 Å². The highest BCUT2D eigenvalue weighted by atomic mass is 32.1. The highest BCUT2D eigenvalue weighted by molar-refractivity contribution is 7.18. The van der Waals surface area contributed by atoms with E-state index in [2.05, 4.69) is 0 Å². The lowest BCUT2D eigenvalue weighted by molar-refractivity contribution is 0.153. The molecule has 0 saturated heterocycles. The van der Waals surface area contributed by atoms with Gasteiger partial charge in [-0.15, -0.1) is 11.3 Å². The maximum Gasteiger partial charge on any atom is 0.265 e. The normalized spacial score (nSPS) is 11.4. The summed E-state index contributed by atoms with van der Waals surface area (Å²) in [5.74, 6) is 0. The zero-order chi connectivity index (χ0) is 10.3. The molecular formula is C10H9F2NS. The van der Waals surface area contributed by atoms with Gasteiger partial charge in [0.2, 0.25) is 0 Å². The van der Waals surface area contributed by atoms with Crippen molar-refractivity contribution in [2.75, 3.05) is 5.73 Å². The van der Waals surface area contributed by atoms with Gasteiger partial charge in [0.15, 0.2) is 0 Å². The molecule has 2 aromatic rings. The molecule has 1 heterocycles. The van der Waals surface area contributed by atoms with Gasteiger partial charge in [-0.25, -0.2) is 8.78 Å². The van der Waals surface area contributed by atoms with E-state index in [1.165, 1.54) is 16.7 Å². The molecular weight excluding hydrogens is 204 g/mol. The van der Waals surface area contributed by atoms with Crippen molar-refractivity contribution >= 4 is 27.1 Å². The van der Waals surface area contributed by atoms with Gasteiger partial charge in [-0.3, -0.25) is 0 Å². The molecule has 14 heavy (non-hydrogen) atoms. The summed E-state index contributed by atoms with van der Waals surface area (Å²) in [6, 6.07) is 3.53. The smallest absolute Gasteiger partial charge is 0.265 e. The van der Waals surface area contributed by atoms with Crippen LogP contribution in [0.3, 0.4) is 0 Å². The summed E-state index contributed by atoms with van der Waals surface area (Å²) in [4.78, 5) is 0. The van der Waals surface area contributed by atoms with E-state index in [9.17, 15) is 8.78 Å². The Bertz CT molecular complexity index is 476. The SMILES string of the molecule is Cc1ccc(N)c2scc(C(F)F)c12. The second-order valence-corrected chi connectivity index (χ2v) is 4.05. The highest BCUT2D eigenvalue weighted by Gasteiger charge is 2.16. The summed E-state index contributed by atoms with van der Waals surface area (Å²) < 4.78 is 26.0. The number of hydrogen-bond donors (Lipinski definition) is 1. The molecule has 0 amide bonds. The lowest BCUT2D eigenvalue weighted by Gasteiger charge is -2.02. The first-order valence-electron chi connectivity index (χ1n) is 4.15. The van der Waals surface area contributed by atoms with E-state index in [1.54, 1.807) is 12.1 Å². The Hall–Kier alpha value is -1.16. The molecule has 0 fully saturated rings. The van der Waals surface area contributed by atoms with Crippen molar-refractivity contribution in [3.8, 4) is 0 Å². The number of benzene rings is 1. The molecule has 1 aromatic carbocycles. The van der Waals surface area contributed by atoms with Gasteiger partial charge >= 0.3 is 0 Å². The summed E-state index contributed by atoms with van der Waals surface area (Å²) in [6.45, 7) is 1.82. The first-order valence-corrected chi connectivity index (χ1v) is 5.03. The number of fused-ring (bicyclic) bond motifs is 1. The number of aryl methyl sites for hydroxylation is 1. The Morgan fingerprint density at radius 2 is 2.07 bits per heavy atom. The van der Waals surface area contributed by atoms with E-state index in [0.717, 1.165) is 10.3 Å². The van der Waals surface area contributed by atoms with Gasteiger partial charge < -0.3 is 5.73 Å². The lowest BCUT2D eigenvalue weighted by Crippen LogP contribution is -1.88. The zero-order valence-electron chi connectivity index (χ0n) is 7.55. The predicted octanol–water partition coefficient (Wildman–Crippen LogP) is 3.73. The summed E-state index contributed by atoms with van der Waals surface area (Å²) in [5.41, 5.74) is 7.22. The monoisotopic (exact) mass is 213 g/mol. The summed E-state index contributed by atoms with van der Waals surface area (Å²) >= 11 is 1.28. The third-order valence-electron chi connectivity index (χ3n) is 2.22. The second kappa shape index (κ2) is 3.20. The van der Waals surface area contributed by atoms with Crippen LogP contribution in [-0.4, -0.2) is 0 Å². The van der Waals surface area contributed by atoms with Crippen molar-refractivity contribution in [3.63, 3.8) is 0 Å². The average molecular weight is 213 g/mol. The van der Waals surface area contributed by atoms with E-state index in [0.29, 0.717) is 11.1 Å². The van der Waals surface area contributed by atoms with Crippen molar-refractivity contribution in [1.82, 2.24) is 0 Å². The molecule has 1 nitrogen and oxygen atoms in total. The molecule has 0 aliphatic heterocycles. The maximum absolute atomic E-state index is 12.6. The average Bonchev–Trinajstić information content (AvgIpc) is 2.56. The summed E-state index contributed by atoms with van der Waals surface area (Å²) in [6.07, 6.45) is -2.43. The van der Waals surface area contributed by atoms with Gasteiger partial charge in [0, 0.05) is 22.0 Å². The molecule has 1 aromatic heterocycles. The van der Waals surface area contributed by atoms with Crippen LogP contribution in [0.25, 0.3) is 10.1 Å². The molecule has 0 radical (unpaired) electrons. The Morgan fingerprint density at radius 1 is 1.36 bits per heavy atom. The van der Waals surface area contributed by atoms with Gasteiger partial charge in [0.05, 0.1) is 4.70 Å². The number of rotatable bonds is 1. The Kier molecular flexibility index (Phi) is 2.15. The minimum atomic E-state index is -2.43. The maximum atomic E-state index is 12.6. The molecule has 4 heteroatoms.